The van der Waals surface area contributed by atoms with Gasteiger partial charge in [-0.1, -0.05) is 6.07 Å². The largest absolute Gasteiger partial charge is 0.351 e. The Morgan fingerprint density at radius 2 is 2.37 bits per heavy atom. The van der Waals surface area contributed by atoms with E-state index in [-0.39, 0.29) is 5.91 Å². The Morgan fingerprint density at radius 3 is 3.05 bits per heavy atom. The number of amides is 1. The van der Waals surface area contributed by atoms with Crippen LogP contribution in [0.15, 0.2) is 24.5 Å². The molecule has 0 saturated carbocycles. The summed E-state index contributed by atoms with van der Waals surface area (Å²) in [5, 5.41) is 2.86. The van der Waals surface area contributed by atoms with Crippen LogP contribution in [0.5, 0.6) is 0 Å². The molecule has 0 unspecified atom stereocenters. The number of pyridine rings is 1. The second kappa shape index (κ2) is 7.20. The minimum Gasteiger partial charge on any atom is -0.351 e. The molecule has 0 aliphatic carbocycles. The second-order valence-electron chi connectivity index (χ2n) is 3.93. The average Bonchev–Trinajstić information content (AvgIpc) is 2.83. The summed E-state index contributed by atoms with van der Waals surface area (Å²) in [6, 6.07) is 3.79. The van der Waals surface area contributed by atoms with Crippen molar-refractivity contribution in [3.8, 4) is 0 Å². The van der Waals surface area contributed by atoms with Crippen molar-refractivity contribution in [3.05, 3.63) is 41.5 Å². The van der Waals surface area contributed by atoms with Crippen molar-refractivity contribution in [3.63, 3.8) is 0 Å². The van der Waals surface area contributed by atoms with Gasteiger partial charge in [-0.3, -0.25) is 9.78 Å². The molecule has 2 aromatic rings. The van der Waals surface area contributed by atoms with Crippen LogP contribution in [0, 0.1) is 6.92 Å². The van der Waals surface area contributed by atoms with Crippen molar-refractivity contribution in [1.82, 2.24) is 19.0 Å². The molecule has 0 saturated heterocycles. The number of thioether (sulfide) groups is 1. The lowest BCUT2D eigenvalue weighted by Crippen LogP contribution is -2.24. The highest BCUT2D eigenvalue weighted by molar-refractivity contribution is 7.99. The molecule has 0 aromatic carbocycles. The molecule has 0 aliphatic heterocycles. The Morgan fingerprint density at radius 1 is 1.47 bits per heavy atom. The number of nitrogens with zero attached hydrogens (tertiary/aromatic N) is 3. The van der Waals surface area contributed by atoms with E-state index >= 15 is 0 Å². The first-order chi connectivity index (χ1) is 9.25. The summed E-state index contributed by atoms with van der Waals surface area (Å²) in [5.74, 6) is 1.18. The number of nitrogens with one attached hydrogen (secondary N) is 1. The van der Waals surface area contributed by atoms with E-state index in [4.69, 9.17) is 0 Å². The minimum atomic E-state index is 0.0229. The fourth-order valence-corrected chi connectivity index (χ4v) is 2.88. The van der Waals surface area contributed by atoms with Crippen LogP contribution in [0.1, 0.15) is 17.0 Å². The van der Waals surface area contributed by atoms with Crippen molar-refractivity contribution in [2.24, 2.45) is 0 Å². The third-order valence-electron chi connectivity index (χ3n) is 2.43. The number of hydrogen-bond acceptors (Lipinski definition) is 6. The van der Waals surface area contributed by atoms with E-state index < -0.39 is 0 Å². The fraction of sp³-hybridized carbons (Fsp3) is 0.333. The molecule has 2 heterocycles. The number of aryl methyl sites for hydroxylation is 1. The standard InChI is InChI=1S/C12H14N4OS2/c1-9-11(16-19-15-9)7-18-8-12(17)14-6-10-3-2-4-13-5-10/h2-5H,6-8H2,1H3,(H,14,17). The van der Waals surface area contributed by atoms with E-state index in [0.717, 1.165) is 22.7 Å². The van der Waals surface area contributed by atoms with Crippen LogP contribution in [0.3, 0.4) is 0 Å². The van der Waals surface area contributed by atoms with E-state index in [2.05, 4.69) is 19.0 Å². The molecule has 5 nitrogen and oxygen atoms in total. The third-order valence-corrected chi connectivity index (χ3v) is 4.03. The summed E-state index contributed by atoms with van der Waals surface area (Å²) in [6.07, 6.45) is 3.46. The lowest BCUT2D eigenvalue weighted by Gasteiger charge is -2.04. The molecule has 0 bridgehead atoms. The predicted molar refractivity (Wildman–Crippen MR) is 76.9 cm³/mol. The quantitative estimate of drug-likeness (QED) is 0.879. The normalized spacial score (nSPS) is 10.4. The van der Waals surface area contributed by atoms with Crippen LogP contribution in [0.4, 0.5) is 0 Å². The summed E-state index contributed by atoms with van der Waals surface area (Å²) in [5.41, 5.74) is 2.92. The zero-order valence-electron chi connectivity index (χ0n) is 10.5. The monoisotopic (exact) mass is 294 g/mol. The van der Waals surface area contributed by atoms with Crippen molar-refractivity contribution < 1.29 is 4.79 Å². The van der Waals surface area contributed by atoms with Gasteiger partial charge in [0.25, 0.3) is 0 Å². The highest BCUT2D eigenvalue weighted by atomic mass is 32.2. The maximum atomic E-state index is 11.6. The predicted octanol–water partition coefficient (Wildman–Crippen LogP) is 1.79. The maximum Gasteiger partial charge on any atom is 0.230 e. The van der Waals surface area contributed by atoms with Crippen LogP contribution < -0.4 is 5.32 Å². The van der Waals surface area contributed by atoms with Gasteiger partial charge in [0.05, 0.1) is 28.9 Å². The Balaban J connectivity index is 1.66. The average molecular weight is 294 g/mol. The molecule has 1 amide bonds. The van der Waals surface area contributed by atoms with Crippen LogP contribution in [0.2, 0.25) is 0 Å². The smallest absolute Gasteiger partial charge is 0.230 e. The van der Waals surface area contributed by atoms with E-state index in [0.29, 0.717) is 12.3 Å². The van der Waals surface area contributed by atoms with Gasteiger partial charge < -0.3 is 5.32 Å². The van der Waals surface area contributed by atoms with E-state index in [1.165, 1.54) is 11.7 Å². The molecule has 100 valence electrons. The summed E-state index contributed by atoms with van der Waals surface area (Å²) < 4.78 is 8.28. The Kier molecular flexibility index (Phi) is 5.29. The number of rotatable bonds is 6. The minimum absolute atomic E-state index is 0.0229. The fourth-order valence-electron chi connectivity index (χ4n) is 1.38. The summed E-state index contributed by atoms with van der Waals surface area (Å²) in [7, 11) is 0. The Hall–Kier alpha value is -1.47. The van der Waals surface area contributed by atoms with Crippen LogP contribution in [0.25, 0.3) is 0 Å². The Bertz CT molecular complexity index is 530. The molecule has 0 aliphatic rings. The summed E-state index contributed by atoms with van der Waals surface area (Å²) in [4.78, 5) is 15.6. The molecule has 2 rings (SSSR count). The lowest BCUT2D eigenvalue weighted by atomic mass is 10.3. The van der Waals surface area contributed by atoms with Gasteiger partial charge in [-0.15, -0.1) is 11.8 Å². The van der Waals surface area contributed by atoms with Crippen molar-refractivity contribution >= 4 is 29.4 Å². The maximum absolute atomic E-state index is 11.6. The van der Waals surface area contributed by atoms with Crippen molar-refractivity contribution in [2.45, 2.75) is 19.2 Å². The summed E-state index contributed by atoms with van der Waals surface area (Å²) >= 11 is 2.76. The second-order valence-corrected chi connectivity index (χ2v) is 5.44. The molecule has 1 N–H and O–H groups in total. The SMILES string of the molecule is Cc1nsnc1CSCC(=O)NCc1cccnc1. The van der Waals surface area contributed by atoms with Crippen molar-refractivity contribution in [1.29, 1.82) is 0 Å². The molecule has 19 heavy (non-hydrogen) atoms. The van der Waals surface area contributed by atoms with E-state index in [1.807, 2.05) is 19.1 Å². The van der Waals surface area contributed by atoms with E-state index in [9.17, 15) is 4.79 Å². The van der Waals surface area contributed by atoms with Gasteiger partial charge in [-0.05, 0) is 18.6 Å². The van der Waals surface area contributed by atoms with Gasteiger partial charge in [-0.2, -0.15) is 8.75 Å². The number of carbonyl (C=O) groups is 1. The first-order valence-electron chi connectivity index (χ1n) is 5.77. The highest BCUT2D eigenvalue weighted by Crippen LogP contribution is 2.13. The molecule has 0 spiro atoms. The zero-order chi connectivity index (χ0) is 13.5. The Labute approximate surface area is 120 Å². The molecular weight excluding hydrogens is 280 g/mol. The van der Waals surface area contributed by atoms with Crippen LogP contribution >= 0.6 is 23.5 Å². The van der Waals surface area contributed by atoms with Crippen LogP contribution in [-0.4, -0.2) is 25.4 Å². The molecule has 0 atom stereocenters. The molecule has 2 aromatic heterocycles. The molecule has 7 heteroatoms. The zero-order valence-corrected chi connectivity index (χ0v) is 12.1. The number of hydrogen-bond donors (Lipinski definition) is 1. The van der Waals surface area contributed by atoms with Gasteiger partial charge in [0.1, 0.15) is 0 Å². The molecule has 0 fully saturated rings. The van der Waals surface area contributed by atoms with Gasteiger partial charge in [0, 0.05) is 24.7 Å². The van der Waals surface area contributed by atoms with Gasteiger partial charge in [-0.25, -0.2) is 0 Å². The lowest BCUT2D eigenvalue weighted by molar-refractivity contribution is -0.118. The first kappa shape index (κ1) is 14.0. The molecular formula is C12H14N4OS2. The third kappa shape index (κ3) is 4.60. The van der Waals surface area contributed by atoms with Gasteiger partial charge in [0.15, 0.2) is 0 Å². The van der Waals surface area contributed by atoms with Crippen LogP contribution in [-0.2, 0) is 17.1 Å². The number of carbonyl (C=O) groups excluding carboxylic acids is 1. The highest BCUT2D eigenvalue weighted by Gasteiger charge is 2.06. The van der Waals surface area contributed by atoms with Crippen molar-refractivity contribution in [2.75, 3.05) is 5.75 Å². The van der Waals surface area contributed by atoms with Gasteiger partial charge >= 0.3 is 0 Å². The first-order valence-corrected chi connectivity index (χ1v) is 7.65. The topological polar surface area (TPSA) is 67.8 Å². The number of aromatic nitrogens is 3. The van der Waals surface area contributed by atoms with E-state index in [1.54, 1.807) is 24.2 Å². The van der Waals surface area contributed by atoms with Gasteiger partial charge in [0.2, 0.25) is 5.91 Å². The summed E-state index contributed by atoms with van der Waals surface area (Å²) in [6.45, 7) is 2.45. The molecule has 0 radical (unpaired) electrons.